The van der Waals surface area contributed by atoms with Crippen molar-refractivity contribution in [2.24, 2.45) is 5.73 Å². The van der Waals surface area contributed by atoms with Crippen molar-refractivity contribution in [2.75, 3.05) is 5.75 Å². The highest BCUT2D eigenvalue weighted by molar-refractivity contribution is 7.91. The first-order chi connectivity index (χ1) is 7.95. The Balaban J connectivity index is 2.94. The second-order valence-corrected chi connectivity index (χ2v) is 5.63. The van der Waals surface area contributed by atoms with Gasteiger partial charge in [0.15, 0.2) is 14.9 Å². The molecule has 1 aromatic heterocycles. The number of carbonyl (C=O) groups is 1. The summed E-state index contributed by atoms with van der Waals surface area (Å²) in [5, 5.41) is 0.0428. The molecule has 1 rings (SSSR count). The van der Waals surface area contributed by atoms with Crippen LogP contribution in [0.3, 0.4) is 0 Å². The molecular formula is C11H14N2O3S. The van der Waals surface area contributed by atoms with E-state index in [2.05, 4.69) is 4.98 Å². The van der Waals surface area contributed by atoms with E-state index in [1.165, 1.54) is 12.3 Å². The van der Waals surface area contributed by atoms with Crippen LogP contribution in [-0.2, 0) is 14.6 Å². The molecule has 1 heterocycles. The van der Waals surface area contributed by atoms with E-state index in [0.29, 0.717) is 5.56 Å². The Labute approximate surface area is 100 Å². The lowest BCUT2D eigenvalue weighted by molar-refractivity contribution is -0.117. The van der Waals surface area contributed by atoms with Crippen LogP contribution >= 0.6 is 0 Å². The molecule has 0 radical (unpaired) electrons. The van der Waals surface area contributed by atoms with Gasteiger partial charge in [0.1, 0.15) is 0 Å². The number of rotatable bonds is 5. The number of nitrogens with two attached hydrogens (primary N) is 1. The zero-order chi connectivity index (χ0) is 12.9. The highest BCUT2D eigenvalue weighted by Crippen LogP contribution is 2.11. The van der Waals surface area contributed by atoms with Crippen LogP contribution in [0.2, 0.25) is 0 Å². The number of amides is 1. The Morgan fingerprint density at radius 1 is 1.53 bits per heavy atom. The van der Waals surface area contributed by atoms with Gasteiger partial charge in [-0.15, -0.1) is 0 Å². The van der Waals surface area contributed by atoms with Gasteiger partial charge >= 0.3 is 0 Å². The van der Waals surface area contributed by atoms with Crippen LogP contribution in [0.5, 0.6) is 0 Å². The van der Waals surface area contributed by atoms with Gasteiger partial charge in [-0.2, -0.15) is 0 Å². The Morgan fingerprint density at radius 2 is 2.24 bits per heavy atom. The van der Waals surface area contributed by atoms with Crippen molar-refractivity contribution >= 4 is 21.8 Å². The first-order valence-corrected chi connectivity index (χ1v) is 6.74. The molecule has 0 aliphatic heterocycles. The van der Waals surface area contributed by atoms with Crippen LogP contribution in [0.25, 0.3) is 6.08 Å². The number of nitrogens with zero attached hydrogens (tertiary/aromatic N) is 1. The molecule has 0 saturated carbocycles. The van der Waals surface area contributed by atoms with Gasteiger partial charge in [-0.1, -0.05) is 19.1 Å². The fraction of sp³-hybridized carbons (Fsp3) is 0.273. The van der Waals surface area contributed by atoms with Crippen molar-refractivity contribution < 1.29 is 13.2 Å². The van der Waals surface area contributed by atoms with Gasteiger partial charge in [0, 0.05) is 12.6 Å². The van der Waals surface area contributed by atoms with E-state index >= 15 is 0 Å². The summed E-state index contributed by atoms with van der Waals surface area (Å²) in [4.78, 5) is 14.3. The Morgan fingerprint density at radius 3 is 2.82 bits per heavy atom. The highest BCUT2D eigenvalue weighted by Gasteiger charge is 2.12. The Hall–Kier alpha value is -1.69. The van der Waals surface area contributed by atoms with Crippen molar-refractivity contribution in [1.29, 1.82) is 0 Å². The topological polar surface area (TPSA) is 90.1 Å². The maximum absolute atomic E-state index is 11.6. The molecule has 0 spiro atoms. The molecule has 0 fully saturated rings. The van der Waals surface area contributed by atoms with Gasteiger partial charge in [-0.3, -0.25) is 4.79 Å². The monoisotopic (exact) mass is 254 g/mol. The SMILES string of the molecule is CCS(=O)(=O)c1cc(C=CCC(N)=O)ccn1. The minimum atomic E-state index is -3.30. The molecule has 17 heavy (non-hydrogen) atoms. The van der Waals surface area contributed by atoms with E-state index in [9.17, 15) is 13.2 Å². The predicted molar refractivity (Wildman–Crippen MR) is 64.8 cm³/mol. The van der Waals surface area contributed by atoms with Crippen molar-refractivity contribution in [1.82, 2.24) is 4.98 Å². The zero-order valence-corrected chi connectivity index (χ0v) is 10.3. The fourth-order valence-electron chi connectivity index (χ4n) is 1.16. The maximum atomic E-state index is 11.6. The molecule has 6 heteroatoms. The van der Waals surface area contributed by atoms with E-state index in [1.807, 2.05) is 0 Å². The van der Waals surface area contributed by atoms with Crippen molar-refractivity contribution in [3.8, 4) is 0 Å². The first-order valence-electron chi connectivity index (χ1n) is 5.09. The van der Waals surface area contributed by atoms with E-state index in [1.54, 1.807) is 25.1 Å². The number of hydrogen-bond donors (Lipinski definition) is 1. The molecule has 0 unspecified atom stereocenters. The molecule has 0 saturated heterocycles. The summed E-state index contributed by atoms with van der Waals surface area (Å²) in [6.07, 6.45) is 4.77. The minimum Gasteiger partial charge on any atom is -0.369 e. The second-order valence-electron chi connectivity index (χ2n) is 3.40. The third-order valence-corrected chi connectivity index (χ3v) is 3.71. The third-order valence-electron chi connectivity index (χ3n) is 2.09. The Kier molecular flexibility index (Phi) is 4.39. The molecule has 1 aromatic rings. The summed E-state index contributed by atoms with van der Waals surface area (Å²) < 4.78 is 23.1. The smallest absolute Gasteiger partial charge is 0.221 e. The average Bonchev–Trinajstić information content (AvgIpc) is 2.29. The third kappa shape index (κ3) is 3.99. The number of primary amides is 1. The quantitative estimate of drug-likeness (QED) is 0.840. The molecule has 1 amide bonds. The lowest BCUT2D eigenvalue weighted by Crippen LogP contribution is -2.08. The maximum Gasteiger partial charge on any atom is 0.221 e. The summed E-state index contributed by atoms with van der Waals surface area (Å²) in [6.45, 7) is 1.56. The van der Waals surface area contributed by atoms with Gasteiger partial charge in [-0.05, 0) is 17.7 Å². The van der Waals surface area contributed by atoms with E-state index < -0.39 is 15.7 Å². The first kappa shape index (κ1) is 13.4. The number of hydrogen-bond acceptors (Lipinski definition) is 4. The summed E-state index contributed by atoms with van der Waals surface area (Å²) >= 11 is 0. The molecular weight excluding hydrogens is 240 g/mol. The predicted octanol–water partition coefficient (Wildman–Crippen LogP) is 0.764. The average molecular weight is 254 g/mol. The molecule has 0 aromatic carbocycles. The molecule has 0 atom stereocenters. The van der Waals surface area contributed by atoms with Crippen molar-refractivity contribution in [3.05, 3.63) is 30.0 Å². The van der Waals surface area contributed by atoms with Crippen molar-refractivity contribution in [2.45, 2.75) is 18.4 Å². The molecule has 0 aliphatic rings. The lowest BCUT2D eigenvalue weighted by Gasteiger charge is -2.00. The Bertz CT molecular complexity index is 535. The van der Waals surface area contributed by atoms with Crippen LogP contribution in [0, 0.1) is 0 Å². The molecule has 5 nitrogen and oxygen atoms in total. The van der Waals surface area contributed by atoms with E-state index in [0.717, 1.165) is 0 Å². The molecule has 92 valence electrons. The highest BCUT2D eigenvalue weighted by atomic mass is 32.2. The number of aromatic nitrogens is 1. The largest absolute Gasteiger partial charge is 0.369 e. The lowest BCUT2D eigenvalue weighted by atomic mass is 10.2. The van der Waals surface area contributed by atoms with Crippen LogP contribution in [-0.4, -0.2) is 25.1 Å². The van der Waals surface area contributed by atoms with Crippen LogP contribution in [0.1, 0.15) is 18.9 Å². The van der Waals surface area contributed by atoms with E-state index in [4.69, 9.17) is 5.73 Å². The number of pyridine rings is 1. The van der Waals surface area contributed by atoms with Crippen molar-refractivity contribution in [3.63, 3.8) is 0 Å². The molecule has 0 aliphatic carbocycles. The van der Waals surface area contributed by atoms with Crippen LogP contribution in [0.4, 0.5) is 0 Å². The van der Waals surface area contributed by atoms with Gasteiger partial charge in [0.05, 0.1) is 5.75 Å². The van der Waals surface area contributed by atoms with Gasteiger partial charge in [0.2, 0.25) is 5.91 Å². The summed E-state index contributed by atoms with van der Waals surface area (Å²) in [5.41, 5.74) is 5.65. The van der Waals surface area contributed by atoms with Gasteiger partial charge < -0.3 is 5.73 Å². The minimum absolute atomic E-state index is 0.00839. The number of carbonyl (C=O) groups excluding carboxylic acids is 1. The standard InChI is InChI=1S/C11H14N2O3S/c1-2-17(15,16)11-8-9(6-7-13-11)4-3-5-10(12)14/h3-4,6-8H,2,5H2,1H3,(H2,12,14). The number of sulfone groups is 1. The summed E-state index contributed by atoms with van der Waals surface area (Å²) in [6, 6.07) is 3.13. The molecule has 0 bridgehead atoms. The fourth-order valence-corrected chi connectivity index (χ4v) is 1.99. The second kappa shape index (κ2) is 5.58. The van der Waals surface area contributed by atoms with Gasteiger partial charge in [0.25, 0.3) is 0 Å². The normalized spacial score (nSPS) is 11.8. The molecule has 2 N–H and O–H groups in total. The van der Waals surface area contributed by atoms with Gasteiger partial charge in [-0.25, -0.2) is 13.4 Å². The summed E-state index contributed by atoms with van der Waals surface area (Å²) in [5.74, 6) is -0.425. The van der Waals surface area contributed by atoms with E-state index in [-0.39, 0.29) is 17.2 Å². The zero-order valence-electron chi connectivity index (χ0n) is 9.46. The summed E-state index contributed by atoms with van der Waals surface area (Å²) in [7, 11) is -3.30. The van der Waals surface area contributed by atoms with Crippen LogP contribution in [0.15, 0.2) is 29.4 Å². The van der Waals surface area contributed by atoms with Crippen LogP contribution < -0.4 is 5.73 Å².